The maximum absolute atomic E-state index is 13.3. The van der Waals surface area contributed by atoms with E-state index in [1.54, 1.807) is 42.5 Å². The first-order valence-corrected chi connectivity index (χ1v) is 15.5. The number of carboxylic acids is 1. The van der Waals surface area contributed by atoms with E-state index in [0.717, 1.165) is 18.4 Å². The molecule has 240 valence electrons. The second-order valence-electron chi connectivity index (χ2n) is 12.3. The van der Waals surface area contributed by atoms with Crippen molar-refractivity contribution in [2.75, 3.05) is 13.7 Å². The minimum absolute atomic E-state index is 0.00599. The highest BCUT2D eigenvalue weighted by Gasteiger charge is 2.25. The van der Waals surface area contributed by atoms with Crippen LogP contribution >= 0.6 is 0 Å². The highest BCUT2D eigenvalue weighted by Crippen LogP contribution is 2.23. The number of hydrogen-bond donors (Lipinski definition) is 2. The number of unbranched alkanes of at least 4 members (excludes halogenated alkanes) is 4. The Kier molecular flexibility index (Phi) is 12.9. The number of methoxy groups -OCH3 is 1. The lowest BCUT2D eigenvalue weighted by Crippen LogP contribution is -2.43. The van der Waals surface area contributed by atoms with Gasteiger partial charge in [0.15, 0.2) is 5.78 Å². The molecule has 3 rings (SSSR count). The standard InChI is InChI=1S/C37H45NO7/c1-6-7-8-9-10-21-45-31-19-15-25(16-20-31)33(39)24-29-22-28(35(41)42)12-11-27(29)23-32(36(43)44-5)38-34(40)26-13-17-30(18-14-26)37(2,3)4/h11-20,22,32H,6-10,21,23-24H2,1-5H3,(H,38,40)(H,41,42). The van der Waals surface area contributed by atoms with Gasteiger partial charge in [0.25, 0.3) is 5.91 Å². The van der Waals surface area contributed by atoms with Gasteiger partial charge in [0.05, 0.1) is 19.3 Å². The summed E-state index contributed by atoms with van der Waals surface area (Å²) in [5, 5.41) is 12.4. The first-order valence-electron chi connectivity index (χ1n) is 15.5. The highest BCUT2D eigenvalue weighted by molar-refractivity contribution is 5.99. The van der Waals surface area contributed by atoms with Crippen LogP contribution in [0.5, 0.6) is 5.75 Å². The summed E-state index contributed by atoms with van der Waals surface area (Å²) in [6.07, 6.45) is 5.60. The minimum atomic E-state index is -1.14. The number of rotatable bonds is 16. The van der Waals surface area contributed by atoms with Gasteiger partial charge in [0, 0.05) is 24.0 Å². The molecule has 1 unspecified atom stereocenters. The Morgan fingerprint density at radius 1 is 0.800 bits per heavy atom. The molecule has 0 bridgehead atoms. The zero-order valence-corrected chi connectivity index (χ0v) is 27.0. The molecule has 0 aromatic heterocycles. The van der Waals surface area contributed by atoms with E-state index in [-0.39, 0.29) is 29.6 Å². The van der Waals surface area contributed by atoms with Gasteiger partial charge in [-0.15, -0.1) is 0 Å². The summed E-state index contributed by atoms with van der Waals surface area (Å²) in [5.74, 6) is -1.78. The number of aromatic carboxylic acids is 1. The number of ether oxygens (including phenoxy) is 2. The molecule has 0 aliphatic carbocycles. The number of amides is 1. The van der Waals surface area contributed by atoms with Crippen molar-refractivity contribution in [1.29, 1.82) is 0 Å². The van der Waals surface area contributed by atoms with Crippen molar-refractivity contribution in [2.45, 2.75) is 84.1 Å². The van der Waals surface area contributed by atoms with Crippen LogP contribution in [0.3, 0.4) is 0 Å². The van der Waals surface area contributed by atoms with Gasteiger partial charge in [-0.2, -0.15) is 0 Å². The van der Waals surface area contributed by atoms with Crippen LogP contribution in [0.2, 0.25) is 0 Å². The summed E-state index contributed by atoms with van der Waals surface area (Å²) in [6, 6.07) is 17.4. The Labute approximate surface area is 266 Å². The van der Waals surface area contributed by atoms with E-state index in [0.29, 0.717) is 34.6 Å². The summed E-state index contributed by atoms with van der Waals surface area (Å²) in [6.45, 7) is 9.02. The third-order valence-electron chi connectivity index (χ3n) is 7.73. The predicted octanol–water partition coefficient (Wildman–Crippen LogP) is 6.97. The zero-order valence-electron chi connectivity index (χ0n) is 27.0. The third-order valence-corrected chi connectivity index (χ3v) is 7.73. The molecule has 0 spiro atoms. The van der Waals surface area contributed by atoms with Crippen LogP contribution in [0.4, 0.5) is 0 Å². The summed E-state index contributed by atoms with van der Waals surface area (Å²) in [7, 11) is 1.23. The number of carbonyl (C=O) groups excluding carboxylic acids is 3. The monoisotopic (exact) mass is 615 g/mol. The van der Waals surface area contributed by atoms with Crippen LogP contribution in [-0.2, 0) is 27.8 Å². The van der Waals surface area contributed by atoms with Crippen LogP contribution in [0.1, 0.15) is 108 Å². The van der Waals surface area contributed by atoms with Crippen LogP contribution in [0, 0.1) is 0 Å². The normalized spacial score (nSPS) is 11.8. The van der Waals surface area contributed by atoms with Gasteiger partial charge >= 0.3 is 11.9 Å². The lowest BCUT2D eigenvalue weighted by Gasteiger charge is -2.20. The third kappa shape index (κ3) is 10.6. The number of carbonyl (C=O) groups is 4. The second kappa shape index (κ2) is 16.6. The van der Waals surface area contributed by atoms with E-state index in [1.807, 2.05) is 12.1 Å². The highest BCUT2D eigenvalue weighted by atomic mass is 16.5. The van der Waals surface area contributed by atoms with Crippen molar-refractivity contribution in [3.8, 4) is 5.75 Å². The quantitative estimate of drug-likeness (QED) is 0.101. The second-order valence-corrected chi connectivity index (χ2v) is 12.3. The Bertz CT molecular complexity index is 1450. The average molecular weight is 616 g/mol. The molecule has 0 heterocycles. The summed E-state index contributed by atoms with van der Waals surface area (Å²) >= 11 is 0. The number of carboxylic acid groups (broad SMARTS) is 1. The maximum atomic E-state index is 13.3. The Morgan fingerprint density at radius 3 is 2.02 bits per heavy atom. The van der Waals surface area contributed by atoms with Gasteiger partial charge in [0.2, 0.25) is 0 Å². The molecule has 0 aliphatic rings. The Morgan fingerprint density at radius 2 is 1.42 bits per heavy atom. The molecule has 1 amide bonds. The molecule has 0 saturated carbocycles. The van der Waals surface area contributed by atoms with Crippen molar-refractivity contribution in [3.05, 3.63) is 100 Å². The molecule has 8 heteroatoms. The van der Waals surface area contributed by atoms with Gasteiger partial charge in [-0.1, -0.05) is 71.6 Å². The van der Waals surface area contributed by atoms with E-state index in [4.69, 9.17) is 9.47 Å². The van der Waals surface area contributed by atoms with Gasteiger partial charge < -0.3 is 19.9 Å². The molecular formula is C37H45NO7. The molecule has 0 aliphatic heterocycles. The van der Waals surface area contributed by atoms with Crippen LogP contribution < -0.4 is 10.1 Å². The van der Waals surface area contributed by atoms with Gasteiger partial charge in [0.1, 0.15) is 11.8 Å². The molecule has 0 saturated heterocycles. The molecule has 0 fully saturated rings. The van der Waals surface area contributed by atoms with Gasteiger partial charge in [-0.05, 0) is 77.1 Å². The van der Waals surface area contributed by atoms with Crippen LogP contribution in [0.15, 0.2) is 66.7 Å². The first-order chi connectivity index (χ1) is 21.4. The fourth-order valence-electron chi connectivity index (χ4n) is 4.95. The van der Waals surface area contributed by atoms with E-state index in [9.17, 15) is 24.3 Å². The fraction of sp³-hybridized carbons (Fsp3) is 0.405. The smallest absolute Gasteiger partial charge is 0.335 e. The SMILES string of the molecule is CCCCCCCOc1ccc(C(=O)Cc2cc(C(=O)O)ccc2CC(NC(=O)c2ccc(C(C)(C)C)cc2)C(=O)OC)cc1. The van der Waals surface area contributed by atoms with Crippen LogP contribution in [-0.4, -0.2) is 48.5 Å². The number of nitrogens with one attached hydrogen (secondary N) is 1. The number of ketones is 1. The van der Waals surface area contributed by atoms with Crippen molar-refractivity contribution < 1.29 is 33.8 Å². The average Bonchev–Trinajstić information content (AvgIpc) is 3.02. The maximum Gasteiger partial charge on any atom is 0.335 e. The first kappa shape index (κ1) is 35.0. The predicted molar refractivity (Wildman–Crippen MR) is 174 cm³/mol. The summed E-state index contributed by atoms with van der Waals surface area (Å²) < 4.78 is 10.8. The number of hydrogen-bond acceptors (Lipinski definition) is 6. The molecule has 1 atom stereocenters. The van der Waals surface area contributed by atoms with Crippen LogP contribution in [0.25, 0.3) is 0 Å². The Balaban J connectivity index is 1.75. The molecule has 45 heavy (non-hydrogen) atoms. The fourth-order valence-corrected chi connectivity index (χ4v) is 4.95. The molecule has 0 radical (unpaired) electrons. The van der Waals surface area contributed by atoms with Crippen molar-refractivity contribution >= 4 is 23.6 Å². The van der Waals surface area contributed by atoms with Crippen molar-refractivity contribution in [1.82, 2.24) is 5.32 Å². The molecule has 8 nitrogen and oxygen atoms in total. The summed E-state index contributed by atoms with van der Waals surface area (Å²) in [4.78, 5) is 50.9. The Hall–Kier alpha value is -4.46. The zero-order chi connectivity index (χ0) is 33.0. The number of benzene rings is 3. The molecule has 3 aromatic rings. The lowest BCUT2D eigenvalue weighted by atomic mass is 9.86. The largest absolute Gasteiger partial charge is 0.494 e. The van der Waals surface area contributed by atoms with E-state index in [2.05, 4.69) is 33.0 Å². The molecule has 2 N–H and O–H groups in total. The van der Waals surface area contributed by atoms with Crippen molar-refractivity contribution in [3.63, 3.8) is 0 Å². The summed E-state index contributed by atoms with van der Waals surface area (Å²) in [5.41, 5.74) is 2.84. The van der Waals surface area contributed by atoms with E-state index < -0.39 is 23.9 Å². The van der Waals surface area contributed by atoms with Crippen molar-refractivity contribution in [2.24, 2.45) is 0 Å². The number of Topliss-reactive ketones (excluding diaryl/α,β-unsaturated/α-hetero) is 1. The topological polar surface area (TPSA) is 119 Å². The van der Waals surface area contributed by atoms with E-state index in [1.165, 1.54) is 38.5 Å². The van der Waals surface area contributed by atoms with Gasteiger partial charge in [-0.3, -0.25) is 9.59 Å². The number of esters is 1. The molecule has 3 aromatic carbocycles. The van der Waals surface area contributed by atoms with E-state index >= 15 is 0 Å². The molecular weight excluding hydrogens is 570 g/mol. The van der Waals surface area contributed by atoms with Gasteiger partial charge in [-0.25, -0.2) is 9.59 Å². The minimum Gasteiger partial charge on any atom is -0.494 e. The lowest BCUT2D eigenvalue weighted by molar-refractivity contribution is -0.142.